The molecule has 0 atom stereocenters. The van der Waals surface area contributed by atoms with Gasteiger partial charge >= 0.3 is 0 Å². The fourth-order valence-corrected chi connectivity index (χ4v) is 2.04. The Kier molecular flexibility index (Phi) is 3.19. The summed E-state index contributed by atoms with van der Waals surface area (Å²) in [6, 6.07) is 8.40. The smallest absolute Gasteiger partial charge is 0.207 e. The predicted molar refractivity (Wildman–Crippen MR) is 68.5 cm³/mol. The number of anilines is 2. The molecule has 0 spiro atoms. The maximum absolute atomic E-state index is 4.28. The molecule has 4 heteroatoms. The largest absolute Gasteiger partial charge is 0.330 e. The van der Waals surface area contributed by atoms with E-state index in [1.165, 1.54) is 17.1 Å². The summed E-state index contributed by atoms with van der Waals surface area (Å²) in [5, 5.41) is 4.11. The summed E-state index contributed by atoms with van der Waals surface area (Å²) in [4.78, 5) is 4.28. The van der Waals surface area contributed by atoms with Crippen molar-refractivity contribution in [1.82, 2.24) is 9.36 Å². The molecule has 0 saturated carbocycles. The van der Waals surface area contributed by atoms with Crippen LogP contribution in [0.3, 0.4) is 0 Å². The van der Waals surface area contributed by atoms with E-state index in [-0.39, 0.29) is 0 Å². The topological polar surface area (TPSA) is 37.8 Å². The monoisotopic (exact) mass is 233 g/mol. The van der Waals surface area contributed by atoms with E-state index in [0.29, 0.717) is 5.92 Å². The van der Waals surface area contributed by atoms with Crippen LogP contribution in [0, 0.1) is 6.92 Å². The molecule has 2 rings (SSSR count). The van der Waals surface area contributed by atoms with Gasteiger partial charge in [0.1, 0.15) is 5.82 Å². The molecule has 0 bridgehead atoms. The molecule has 16 heavy (non-hydrogen) atoms. The van der Waals surface area contributed by atoms with Gasteiger partial charge in [-0.25, -0.2) is 4.98 Å². The quantitative estimate of drug-likeness (QED) is 0.878. The van der Waals surface area contributed by atoms with Crippen LogP contribution >= 0.6 is 11.5 Å². The molecule has 0 unspecified atom stereocenters. The molecule has 0 aliphatic carbocycles. The molecular weight excluding hydrogens is 218 g/mol. The van der Waals surface area contributed by atoms with Crippen molar-refractivity contribution < 1.29 is 0 Å². The van der Waals surface area contributed by atoms with E-state index in [0.717, 1.165) is 16.6 Å². The van der Waals surface area contributed by atoms with Crippen molar-refractivity contribution in [2.45, 2.75) is 26.7 Å². The van der Waals surface area contributed by atoms with Crippen LogP contribution in [0.25, 0.3) is 0 Å². The lowest BCUT2D eigenvalue weighted by Gasteiger charge is -2.08. The summed E-state index contributed by atoms with van der Waals surface area (Å²) in [6.45, 7) is 6.27. The second-order valence-corrected chi connectivity index (χ2v) is 4.80. The minimum atomic E-state index is 0.540. The molecule has 84 valence electrons. The van der Waals surface area contributed by atoms with E-state index in [2.05, 4.69) is 46.7 Å². The number of rotatable bonds is 3. The van der Waals surface area contributed by atoms with Gasteiger partial charge in [-0.3, -0.25) is 0 Å². The number of benzene rings is 1. The van der Waals surface area contributed by atoms with E-state index in [1.807, 2.05) is 13.0 Å². The van der Waals surface area contributed by atoms with Gasteiger partial charge in [-0.05, 0) is 30.5 Å². The Morgan fingerprint density at radius 3 is 2.75 bits per heavy atom. The molecule has 3 nitrogen and oxygen atoms in total. The molecular formula is C12H15N3S. The SMILES string of the molecule is Cc1nsc(Nc2cccc(C(C)C)c2)n1. The first kappa shape index (κ1) is 11.1. The summed E-state index contributed by atoms with van der Waals surface area (Å²) in [5.41, 5.74) is 2.40. The van der Waals surface area contributed by atoms with E-state index >= 15 is 0 Å². The molecule has 0 aliphatic rings. The highest BCUT2D eigenvalue weighted by atomic mass is 32.1. The number of nitrogens with one attached hydrogen (secondary N) is 1. The molecule has 1 aromatic heterocycles. The van der Waals surface area contributed by atoms with E-state index in [9.17, 15) is 0 Å². The summed E-state index contributed by atoms with van der Waals surface area (Å²) in [5.74, 6) is 1.35. The van der Waals surface area contributed by atoms with Crippen molar-refractivity contribution in [2.24, 2.45) is 0 Å². The third kappa shape index (κ3) is 2.58. The highest BCUT2D eigenvalue weighted by Gasteiger charge is 2.03. The Hall–Kier alpha value is -1.42. The third-order valence-electron chi connectivity index (χ3n) is 2.33. The molecule has 0 saturated heterocycles. The van der Waals surface area contributed by atoms with Gasteiger partial charge in [0, 0.05) is 17.2 Å². The summed E-state index contributed by atoms with van der Waals surface area (Å²) in [7, 11) is 0. The average molecular weight is 233 g/mol. The number of hydrogen-bond acceptors (Lipinski definition) is 4. The Bertz CT molecular complexity index is 477. The molecule has 2 aromatic rings. The van der Waals surface area contributed by atoms with Crippen molar-refractivity contribution in [3.8, 4) is 0 Å². The maximum Gasteiger partial charge on any atom is 0.207 e. The zero-order chi connectivity index (χ0) is 11.5. The second kappa shape index (κ2) is 4.61. The first-order valence-electron chi connectivity index (χ1n) is 5.32. The normalized spacial score (nSPS) is 10.8. The van der Waals surface area contributed by atoms with Gasteiger partial charge in [0.05, 0.1) is 0 Å². The van der Waals surface area contributed by atoms with Crippen LogP contribution in [0.1, 0.15) is 31.2 Å². The Labute approximate surface area is 99.7 Å². The zero-order valence-electron chi connectivity index (χ0n) is 9.69. The molecule has 0 amide bonds. The van der Waals surface area contributed by atoms with E-state index in [1.54, 1.807) is 0 Å². The Morgan fingerprint density at radius 2 is 2.12 bits per heavy atom. The molecule has 1 N–H and O–H groups in total. The Morgan fingerprint density at radius 1 is 1.31 bits per heavy atom. The van der Waals surface area contributed by atoms with Crippen molar-refractivity contribution in [3.63, 3.8) is 0 Å². The van der Waals surface area contributed by atoms with Gasteiger partial charge in [0.25, 0.3) is 0 Å². The predicted octanol–water partition coefficient (Wildman–Crippen LogP) is 3.71. The van der Waals surface area contributed by atoms with E-state index in [4.69, 9.17) is 0 Å². The van der Waals surface area contributed by atoms with Gasteiger partial charge < -0.3 is 5.32 Å². The van der Waals surface area contributed by atoms with Crippen LogP contribution in [-0.2, 0) is 0 Å². The van der Waals surface area contributed by atoms with Gasteiger partial charge in [-0.1, -0.05) is 26.0 Å². The summed E-state index contributed by atoms with van der Waals surface area (Å²) >= 11 is 1.39. The fraction of sp³-hybridized carbons (Fsp3) is 0.333. The van der Waals surface area contributed by atoms with Crippen LogP contribution in [0.5, 0.6) is 0 Å². The Balaban J connectivity index is 2.18. The van der Waals surface area contributed by atoms with Crippen molar-refractivity contribution in [2.75, 3.05) is 5.32 Å². The number of aryl methyl sites for hydroxylation is 1. The van der Waals surface area contributed by atoms with Crippen LogP contribution < -0.4 is 5.32 Å². The zero-order valence-corrected chi connectivity index (χ0v) is 10.5. The fourth-order valence-electron chi connectivity index (χ4n) is 1.45. The van der Waals surface area contributed by atoms with Gasteiger partial charge in [-0.2, -0.15) is 4.37 Å². The number of hydrogen-bond donors (Lipinski definition) is 1. The van der Waals surface area contributed by atoms with Crippen molar-refractivity contribution in [1.29, 1.82) is 0 Å². The van der Waals surface area contributed by atoms with E-state index < -0.39 is 0 Å². The van der Waals surface area contributed by atoms with Gasteiger partial charge in [-0.15, -0.1) is 0 Å². The van der Waals surface area contributed by atoms with Gasteiger partial charge in [0.2, 0.25) is 5.13 Å². The van der Waals surface area contributed by atoms with Crippen LogP contribution in [0.15, 0.2) is 24.3 Å². The second-order valence-electron chi connectivity index (χ2n) is 4.05. The first-order chi connectivity index (χ1) is 7.65. The first-order valence-corrected chi connectivity index (χ1v) is 6.10. The molecule has 1 aromatic carbocycles. The van der Waals surface area contributed by atoms with Crippen molar-refractivity contribution >= 4 is 22.4 Å². The maximum atomic E-state index is 4.28. The standard InChI is InChI=1S/C12H15N3S/c1-8(2)10-5-4-6-11(7-10)14-12-13-9(3)15-16-12/h4-8H,1-3H3,(H,13,14,15). The summed E-state index contributed by atoms with van der Waals surface area (Å²) in [6.07, 6.45) is 0. The lowest BCUT2D eigenvalue weighted by molar-refractivity contribution is 0.867. The molecule has 1 heterocycles. The lowest BCUT2D eigenvalue weighted by Crippen LogP contribution is -1.92. The highest BCUT2D eigenvalue weighted by molar-refractivity contribution is 7.09. The van der Waals surface area contributed by atoms with Crippen LogP contribution in [0.4, 0.5) is 10.8 Å². The molecule has 0 radical (unpaired) electrons. The lowest BCUT2D eigenvalue weighted by atomic mass is 10.0. The molecule has 0 fully saturated rings. The minimum absolute atomic E-state index is 0.540. The van der Waals surface area contributed by atoms with Gasteiger partial charge in [0.15, 0.2) is 0 Å². The van der Waals surface area contributed by atoms with Crippen LogP contribution in [-0.4, -0.2) is 9.36 Å². The third-order valence-corrected chi connectivity index (χ3v) is 3.05. The molecule has 0 aliphatic heterocycles. The summed E-state index contributed by atoms with van der Waals surface area (Å²) < 4.78 is 4.14. The number of aromatic nitrogens is 2. The van der Waals surface area contributed by atoms with Crippen LogP contribution in [0.2, 0.25) is 0 Å². The number of nitrogens with zero attached hydrogens (tertiary/aromatic N) is 2. The highest BCUT2D eigenvalue weighted by Crippen LogP contribution is 2.22. The average Bonchev–Trinajstić information content (AvgIpc) is 2.64. The minimum Gasteiger partial charge on any atom is -0.330 e. The van der Waals surface area contributed by atoms with Crippen molar-refractivity contribution in [3.05, 3.63) is 35.7 Å².